The van der Waals surface area contributed by atoms with E-state index in [4.69, 9.17) is 0 Å². The molecule has 1 amide bonds. The molecular weight excluding hydrogens is 482 g/mol. The van der Waals surface area contributed by atoms with Gasteiger partial charge in [0.15, 0.2) is 0 Å². The van der Waals surface area contributed by atoms with Crippen LogP contribution in [-0.2, 0) is 4.79 Å². The summed E-state index contributed by atoms with van der Waals surface area (Å²) >= 11 is 0. The van der Waals surface area contributed by atoms with E-state index < -0.39 is 12.1 Å². The first-order chi connectivity index (χ1) is 19.2. The summed E-state index contributed by atoms with van der Waals surface area (Å²) in [6, 6.07) is -0.625. The molecule has 2 unspecified atom stereocenters. The van der Waals surface area contributed by atoms with Crippen molar-refractivity contribution >= 4 is 5.91 Å². The van der Waals surface area contributed by atoms with Gasteiger partial charge < -0.3 is 15.5 Å². The quantitative estimate of drug-likeness (QED) is 0.0677. The summed E-state index contributed by atoms with van der Waals surface area (Å²) in [6.45, 7) is 4.15. The molecule has 0 aromatic carbocycles. The minimum absolute atomic E-state index is 0.0800. The molecular formula is C35H63NO3. The lowest BCUT2D eigenvalue weighted by molar-refractivity contribution is -0.123. The second-order valence-corrected chi connectivity index (χ2v) is 10.8. The monoisotopic (exact) mass is 545 g/mol. The third-order valence-electron chi connectivity index (χ3n) is 7.07. The summed E-state index contributed by atoms with van der Waals surface area (Å²) in [5.41, 5.74) is 0. The molecule has 0 saturated carbocycles. The number of hydrogen-bond acceptors (Lipinski definition) is 3. The maximum Gasteiger partial charge on any atom is 0.220 e. The Labute approximate surface area is 242 Å². The molecule has 0 rings (SSSR count). The highest BCUT2D eigenvalue weighted by atomic mass is 16.3. The summed E-state index contributed by atoms with van der Waals surface area (Å²) < 4.78 is 0. The average molecular weight is 546 g/mol. The Bertz CT molecular complexity index is 638. The van der Waals surface area contributed by atoms with Gasteiger partial charge in [-0.15, -0.1) is 0 Å². The summed E-state index contributed by atoms with van der Waals surface area (Å²) in [6.07, 6.45) is 40.4. The van der Waals surface area contributed by atoms with Gasteiger partial charge in [-0.3, -0.25) is 4.79 Å². The normalized spacial score (nSPS) is 13.8. The Morgan fingerprint density at radius 1 is 0.641 bits per heavy atom. The Balaban J connectivity index is 3.68. The third-order valence-corrected chi connectivity index (χ3v) is 7.07. The second kappa shape index (κ2) is 30.9. The summed E-state index contributed by atoms with van der Waals surface area (Å²) in [5, 5.41) is 22.7. The maximum absolute atomic E-state index is 12.2. The van der Waals surface area contributed by atoms with E-state index in [2.05, 4.69) is 55.6 Å². The molecule has 0 aromatic heterocycles. The van der Waals surface area contributed by atoms with Gasteiger partial charge in [0.2, 0.25) is 5.91 Å². The highest BCUT2D eigenvalue weighted by molar-refractivity contribution is 5.76. The minimum atomic E-state index is -0.840. The largest absolute Gasteiger partial charge is 0.394 e. The SMILES string of the molecule is CC/C=C\C/C=C\C/C=C\CCCCCCCCCC(=O)NC(CO)C(O)/C=C/CCCCCCCCCC. The van der Waals surface area contributed by atoms with Crippen molar-refractivity contribution in [2.75, 3.05) is 6.61 Å². The van der Waals surface area contributed by atoms with Crippen LogP contribution in [0.15, 0.2) is 48.6 Å². The van der Waals surface area contributed by atoms with E-state index in [-0.39, 0.29) is 12.5 Å². The van der Waals surface area contributed by atoms with E-state index in [9.17, 15) is 15.0 Å². The second-order valence-electron chi connectivity index (χ2n) is 10.8. The fourth-order valence-corrected chi connectivity index (χ4v) is 4.54. The molecule has 0 bridgehead atoms. The fraction of sp³-hybridized carbons (Fsp3) is 0.743. The highest BCUT2D eigenvalue weighted by Crippen LogP contribution is 2.12. The van der Waals surface area contributed by atoms with Gasteiger partial charge in [0, 0.05) is 6.42 Å². The molecule has 0 saturated heterocycles. The lowest BCUT2D eigenvalue weighted by Gasteiger charge is -2.20. The zero-order chi connectivity index (χ0) is 28.7. The summed E-state index contributed by atoms with van der Waals surface area (Å²) in [7, 11) is 0. The third kappa shape index (κ3) is 27.7. The molecule has 0 aliphatic rings. The van der Waals surface area contributed by atoms with Crippen molar-refractivity contribution in [3.63, 3.8) is 0 Å². The molecule has 4 heteroatoms. The number of carbonyl (C=O) groups excluding carboxylic acids is 1. The van der Waals surface area contributed by atoms with Crippen LogP contribution in [-0.4, -0.2) is 34.9 Å². The van der Waals surface area contributed by atoms with Gasteiger partial charge in [0.05, 0.1) is 18.8 Å². The van der Waals surface area contributed by atoms with Crippen LogP contribution in [0.4, 0.5) is 0 Å². The molecule has 39 heavy (non-hydrogen) atoms. The number of aliphatic hydroxyl groups excluding tert-OH is 2. The molecule has 0 heterocycles. The first-order valence-corrected chi connectivity index (χ1v) is 16.4. The number of amides is 1. The van der Waals surface area contributed by atoms with Crippen molar-refractivity contribution in [3.8, 4) is 0 Å². The van der Waals surface area contributed by atoms with Crippen LogP contribution >= 0.6 is 0 Å². The predicted molar refractivity (Wildman–Crippen MR) is 170 cm³/mol. The Morgan fingerprint density at radius 3 is 1.69 bits per heavy atom. The molecule has 226 valence electrons. The van der Waals surface area contributed by atoms with Gasteiger partial charge in [0.25, 0.3) is 0 Å². The van der Waals surface area contributed by atoms with E-state index in [0.717, 1.165) is 57.8 Å². The highest BCUT2D eigenvalue weighted by Gasteiger charge is 2.17. The summed E-state index contributed by atoms with van der Waals surface area (Å²) in [5.74, 6) is -0.0800. The van der Waals surface area contributed by atoms with Crippen molar-refractivity contribution in [1.82, 2.24) is 5.32 Å². The summed E-state index contributed by atoms with van der Waals surface area (Å²) in [4.78, 5) is 12.2. The van der Waals surface area contributed by atoms with E-state index in [1.54, 1.807) is 6.08 Å². The lowest BCUT2D eigenvalue weighted by atomic mass is 10.1. The standard InChI is InChI=1S/C35H63NO3/c1-3-5-7-9-11-13-15-16-17-18-19-20-21-23-25-27-29-31-35(39)36-33(32-37)34(38)30-28-26-24-22-14-12-10-8-6-4-2/h5,7,11,13,16-17,28,30,33-34,37-38H,3-4,6,8-10,12,14-15,18-27,29,31-32H2,1-2H3,(H,36,39)/b7-5-,13-11-,17-16-,30-28+. The van der Waals surface area contributed by atoms with Gasteiger partial charge in [0.1, 0.15) is 0 Å². The minimum Gasteiger partial charge on any atom is -0.394 e. The first kappa shape index (κ1) is 37.4. The van der Waals surface area contributed by atoms with Crippen molar-refractivity contribution in [1.29, 1.82) is 0 Å². The van der Waals surface area contributed by atoms with Crippen LogP contribution in [0, 0.1) is 0 Å². The van der Waals surface area contributed by atoms with Crippen LogP contribution in [0.3, 0.4) is 0 Å². The molecule has 3 N–H and O–H groups in total. The fourth-order valence-electron chi connectivity index (χ4n) is 4.54. The maximum atomic E-state index is 12.2. The van der Waals surface area contributed by atoms with Gasteiger partial charge in [-0.1, -0.05) is 140 Å². The van der Waals surface area contributed by atoms with Crippen LogP contribution in [0.1, 0.15) is 149 Å². The number of allylic oxidation sites excluding steroid dienone is 7. The van der Waals surface area contributed by atoms with Gasteiger partial charge in [-0.25, -0.2) is 0 Å². The molecule has 4 nitrogen and oxygen atoms in total. The number of unbranched alkanes of at least 4 members (excludes halogenated alkanes) is 15. The lowest BCUT2D eigenvalue weighted by Crippen LogP contribution is -2.45. The van der Waals surface area contributed by atoms with Crippen molar-refractivity contribution < 1.29 is 15.0 Å². The first-order valence-electron chi connectivity index (χ1n) is 16.4. The Hall–Kier alpha value is -1.65. The topological polar surface area (TPSA) is 69.6 Å². The van der Waals surface area contributed by atoms with Crippen LogP contribution in [0.2, 0.25) is 0 Å². The van der Waals surface area contributed by atoms with E-state index in [0.29, 0.717) is 6.42 Å². The zero-order valence-corrected chi connectivity index (χ0v) is 25.6. The number of nitrogens with one attached hydrogen (secondary N) is 1. The van der Waals surface area contributed by atoms with E-state index in [1.807, 2.05) is 6.08 Å². The average Bonchev–Trinajstić information content (AvgIpc) is 2.94. The van der Waals surface area contributed by atoms with Crippen molar-refractivity contribution in [2.24, 2.45) is 0 Å². The van der Waals surface area contributed by atoms with Gasteiger partial charge >= 0.3 is 0 Å². The number of hydrogen-bond donors (Lipinski definition) is 3. The molecule has 0 spiro atoms. The molecule has 0 aliphatic carbocycles. The van der Waals surface area contributed by atoms with E-state index in [1.165, 1.54) is 70.6 Å². The number of rotatable bonds is 28. The van der Waals surface area contributed by atoms with Crippen LogP contribution < -0.4 is 5.32 Å². The molecule has 0 aromatic rings. The van der Waals surface area contributed by atoms with Crippen molar-refractivity contribution in [3.05, 3.63) is 48.6 Å². The molecule has 0 fully saturated rings. The Kier molecular flexibility index (Phi) is 29.6. The van der Waals surface area contributed by atoms with Crippen LogP contribution in [0.25, 0.3) is 0 Å². The smallest absolute Gasteiger partial charge is 0.220 e. The van der Waals surface area contributed by atoms with Gasteiger partial charge in [-0.2, -0.15) is 0 Å². The number of carbonyl (C=O) groups is 1. The zero-order valence-electron chi connectivity index (χ0n) is 25.6. The molecule has 0 radical (unpaired) electrons. The predicted octanol–water partition coefficient (Wildman–Crippen LogP) is 9.28. The van der Waals surface area contributed by atoms with Crippen LogP contribution in [0.5, 0.6) is 0 Å². The molecule has 0 aliphatic heterocycles. The Morgan fingerprint density at radius 2 is 1.13 bits per heavy atom. The van der Waals surface area contributed by atoms with Gasteiger partial charge in [-0.05, 0) is 51.4 Å². The van der Waals surface area contributed by atoms with Crippen molar-refractivity contribution in [2.45, 2.75) is 161 Å². The molecule has 2 atom stereocenters. The van der Waals surface area contributed by atoms with E-state index >= 15 is 0 Å². The number of aliphatic hydroxyl groups is 2.